The second-order valence-corrected chi connectivity index (χ2v) is 2.06. The van der Waals surface area contributed by atoms with E-state index in [2.05, 4.69) is 0 Å². The summed E-state index contributed by atoms with van der Waals surface area (Å²) < 4.78 is 51.5. The molecule has 50 valence electrons. The molecule has 0 aromatic rings. The zero-order valence-electron chi connectivity index (χ0n) is 4.90. The molecule has 10 heteroatoms. The molecule has 0 aromatic heterocycles. The third-order valence-electron chi connectivity index (χ3n) is 0. The zero-order valence-corrected chi connectivity index (χ0v) is 11.5. The second kappa shape index (κ2) is 17.4. The van der Waals surface area contributed by atoms with Gasteiger partial charge in [-0.2, -0.15) is 0 Å². The Balaban J connectivity index is -0.0000000300. The summed E-state index contributed by atoms with van der Waals surface area (Å²) in [6.45, 7) is 0. The zero-order chi connectivity index (χ0) is 7.15. The number of hydrogen-bond acceptors (Lipinski definition) is 6. The van der Waals surface area contributed by atoms with Gasteiger partial charge in [0.05, 0.1) is 0 Å². The summed E-state index contributed by atoms with van der Waals surface area (Å²) in [6.07, 6.45) is 0. The molecule has 0 N–H and O–H groups in total. The Hall–Kier alpha value is 2.35. The fourth-order valence-electron chi connectivity index (χ4n) is 0. The van der Waals surface area contributed by atoms with Gasteiger partial charge in [0, 0.05) is 0 Å². The first-order chi connectivity index (χ1) is 3.46. The molecule has 0 bridgehead atoms. The summed E-state index contributed by atoms with van der Waals surface area (Å²) in [6, 6.07) is 0. The van der Waals surface area contributed by atoms with Gasteiger partial charge >= 0.3 is 104 Å². The fourth-order valence-corrected chi connectivity index (χ4v) is 0. The molecule has 0 amide bonds. The van der Waals surface area contributed by atoms with E-state index in [4.69, 9.17) is 21.4 Å². The van der Waals surface area contributed by atoms with Crippen LogP contribution in [0.15, 0.2) is 0 Å². The van der Waals surface area contributed by atoms with Crippen molar-refractivity contribution in [2.45, 2.75) is 0 Å². The van der Waals surface area contributed by atoms with Gasteiger partial charge in [0.25, 0.3) is 0 Å². The van der Waals surface area contributed by atoms with Crippen LogP contribution in [-0.4, -0.2) is 26.2 Å². The van der Waals surface area contributed by atoms with Crippen LogP contribution >= 0.6 is 0 Å². The van der Waals surface area contributed by atoms with Crippen molar-refractivity contribution in [1.29, 1.82) is 0 Å². The molecular weight excluding hydrogens is 408 g/mol. The molecule has 0 aliphatic heterocycles. The summed E-state index contributed by atoms with van der Waals surface area (Å²) in [4.78, 5) is 0. The van der Waals surface area contributed by atoms with Crippen LogP contribution in [0.5, 0.6) is 0 Å². The molecule has 0 saturated heterocycles. The molecule has 0 aromatic carbocycles. The summed E-state index contributed by atoms with van der Waals surface area (Å²) in [5, 5.41) is 0. The Bertz CT molecular complexity index is 73.7. The van der Waals surface area contributed by atoms with E-state index in [0.717, 1.165) is 0 Å². The molecule has 0 spiro atoms. The van der Waals surface area contributed by atoms with Gasteiger partial charge in [-0.25, -0.2) is 0 Å². The molecule has 10 heavy (non-hydrogen) atoms. The summed E-state index contributed by atoms with van der Waals surface area (Å²) in [5.41, 5.74) is 0. The van der Waals surface area contributed by atoms with E-state index < -0.39 is 37.2 Å². The monoisotopic (exact) mass is 408 g/mol. The van der Waals surface area contributed by atoms with E-state index in [9.17, 15) is 0 Å². The Kier molecular flexibility index (Phi) is 39.8. The van der Waals surface area contributed by atoms with Gasteiger partial charge in [0.15, 0.2) is 0 Å². The Morgan fingerprint density at radius 1 is 0.800 bits per heavy atom. The van der Waals surface area contributed by atoms with Crippen LogP contribution in [0.4, 0.5) is 0 Å². The SMILES string of the molecule is [Bi+3].[Li+].[O]=[Ti]([O-])[O-].[O]=[Ti]([O-])[O-]. The molecule has 0 unspecified atom stereocenters. The van der Waals surface area contributed by atoms with Crippen molar-refractivity contribution in [2.24, 2.45) is 0 Å². The fraction of sp³-hybridized carbons (Fsp3) is 0. The van der Waals surface area contributed by atoms with Crippen LogP contribution in [0.25, 0.3) is 0 Å². The third-order valence-corrected chi connectivity index (χ3v) is 0. The van der Waals surface area contributed by atoms with Gasteiger partial charge in [0.1, 0.15) is 0 Å². The van der Waals surface area contributed by atoms with Crippen molar-refractivity contribution < 1.29 is 77.5 Å². The quantitative estimate of drug-likeness (QED) is 0.367. The van der Waals surface area contributed by atoms with Gasteiger partial charge in [-0.3, -0.25) is 0 Å². The van der Waals surface area contributed by atoms with Crippen LogP contribution in [0.2, 0.25) is 0 Å². The molecule has 0 aliphatic carbocycles. The molecule has 0 saturated carbocycles. The molecule has 6 nitrogen and oxygen atoms in total. The molecular formula is BiLiO6Ti2. The van der Waals surface area contributed by atoms with Gasteiger partial charge in [-0.05, 0) is 0 Å². The number of hydrogen-bond donors (Lipinski definition) is 0. The van der Waals surface area contributed by atoms with Crippen molar-refractivity contribution in [3.05, 3.63) is 0 Å². The molecule has 0 fully saturated rings. The number of rotatable bonds is 0. The molecule has 0 rings (SSSR count). The van der Waals surface area contributed by atoms with Crippen molar-refractivity contribution >= 4 is 26.2 Å². The van der Waals surface area contributed by atoms with Crippen LogP contribution in [0.1, 0.15) is 0 Å². The van der Waals surface area contributed by atoms with Gasteiger partial charge in [-0.15, -0.1) is 0 Å². The van der Waals surface area contributed by atoms with E-state index in [1.54, 1.807) is 0 Å². The van der Waals surface area contributed by atoms with Crippen LogP contribution in [0, 0.1) is 0 Å². The minimum absolute atomic E-state index is 0. The Morgan fingerprint density at radius 2 is 0.800 bits per heavy atom. The first-order valence-corrected chi connectivity index (χ1v) is 5.05. The van der Waals surface area contributed by atoms with Crippen LogP contribution < -0.4 is 33.6 Å². The first kappa shape index (κ1) is 22.8. The van der Waals surface area contributed by atoms with Crippen molar-refractivity contribution in [3.8, 4) is 0 Å². The van der Waals surface area contributed by atoms with E-state index in [0.29, 0.717) is 0 Å². The van der Waals surface area contributed by atoms with E-state index in [-0.39, 0.29) is 45.1 Å². The van der Waals surface area contributed by atoms with E-state index in [1.807, 2.05) is 0 Å². The minimum atomic E-state index is -4.08. The average molecular weight is 408 g/mol. The predicted octanol–water partition coefficient (Wildman–Crippen LogP) is -8.38. The molecule has 0 heterocycles. The van der Waals surface area contributed by atoms with E-state index in [1.165, 1.54) is 0 Å². The summed E-state index contributed by atoms with van der Waals surface area (Å²) in [7, 11) is 0. The Morgan fingerprint density at radius 3 is 0.800 bits per heavy atom. The van der Waals surface area contributed by atoms with Crippen molar-refractivity contribution in [3.63, 3.8) is 0 Å². The first-order valence-electron chi connectivity index (χ1n) is 1.22. The van der Waals surface area contributed by atoms with Crippen molar-refractivity contribution in [2.75, 3.05) is 0 Å². The van der Waals surface area contributed by atoms with E-state index >= 15 is 0 Å². The normalized spacial score (nSPS) is 5.20. The summed E-state index contributed by atoms with van der Waals surface area (Å²) in [5.74, 6) is 0. The van der Waals surface area contributed by atoms with Crippen LogP contribution in [-0.2, 0) is 43.9 Å². The van der Waals surface area contributed by atoms with Crippen molar-refractivity contribution in [1.82, 2.24) is 0 Å². The average Bonchev–Trinajstić information content (AvgIpc) is 1.25. The van der Waals surface area contributed by atoms with Crippen LogP contribution in [0.3, 0.4) is 0 Å². The molecule has 2 radical (unpaired) electrons. The third kappa shape index (κ3) is 164. The topological polar surface area (TPSA) is 126 Å². The standard InChI is InChI=1S/Bi.Li.6O.2Ti/q+3;+1;;;4*-1;;. The molecule has 0 aliphatic rings. The van der Waals surface area contributed by atoms with Gasteiger partial charge in [0.2, 0.25) is 0 Å². The Labute approximate surface area is 102 Å². The molecule has 0 atom stereocenters. The van der Waals surface area contributed by atoms with Gasteiger partial charge in [-0.1, -0.05) is 0 Å². The van der Waals surface area contributed by atoms with Gasteiger partial charge < -0.3 is 0 Å². The maximum absolute atomic E-state index is 8.58. The summed E-state index contributed by atoms with van der Waals surface area (Å²) >= 11 is -8.17. The predicted molar refractivity (Wildman–Crippen MR) is 7.13 cm³/mol. The maximum atomic E-state index is 8.58. The second-order valence-electron chi connectivity index (χ2n) is 0.500.